The van der Waals surface area contributed by atoms with Gasteiger partial charge >= 0.3 is 0 Å². The van der Waals surface area contributed by atoms with E-state index in [-0.39, 0.29) is 23.7 Å². The van der Waals surface area contributed by atoms with Crippen molar-refractivity contribution < 1.29 is 13.9 Å². The first-order chi connectivity index (χ1) is 11.9. The summed E-state index contributed by atoms with van der Waals surface area (Å²) in [4.78, 5) is 22.2. The number of nitrogens with zero attached hydrogens (tertiary/aromatic N) is 3. The fourth-order valence-corrected chi connectivity index (χ4v) is 2.92. The van der Waals surface area contributed by atoms with Gasteiger partial charge in [-0.1, -0.05) is 0 Å². The molecule has 3 rings (SSSR count). The van der Waals surface area contributed by atoms with Crippen LogP contribution in [0.2, 0.25) is 0 Å². The van der Waals surface area contributed by atoms with Crippen LogP contribution in [0.3, 0.4) is 0 Å². The van der Waals surface area contributed by atoms with Gasteiger partial charge in [0.15, 0.2) is 0 Å². The first-order valence-electron chi connectivity index (χ1n) is 8.22. The first-order valence-corrected chi connectivity index (χ1v) is 8.22. The molecule has 1 N–H and O–H groups in total. The third-order valence-corrected chi connectivity index (χ3v) is 3.98. The lowest BCUT2D eigenvalue weighted by Gasteiger charge is -2.37. The van der Waals surface area contributed by atoms with Crippen molar-refractivity contribution in [2.45, 2.75) is 33.0 Å². The van der Waals surface area contributed by atoms with Gasteiger partial charge < -0.3 is 15.0 Å². The van der Waals surface area contributed by atoms with E-state index in [0.29, 0.717) is 24.5 Å². The van der Waals surface area contributed by atoms with Crippen molar-refractivity contribution in [1.29, 1.82) is 0 Å². The number of nitrogens with one attached hydrogen (secondary N) is 1. The lowest BCUT2D eigenvalue weighted by Crippen LogP contribution is -2.45. The number of morpholine rings is 1. The van der Waals surface area contributed by atoms with E-state index in [1.165, 1.54) is 18.5 Å². The molecule has 132 valence electrons. The van der Waals surface area contributed by atoms with Gasteiger partial charge in [-0.25, -0.2) is 9.37 Å². The van der Waals surface area contributed by atoms with E-state index < -0.39 is 5.91 Å². The molecule has 1 aromatic heterocycles. The molecular weight excluding hydrogens is 323 g/mol. The smallest absolute Gasteiger partial charge is 0.275 e. The number of benzene rings is 1. The molecule has 1 saturated heterocycles. The average molecular weight is 344 g/mol. The number of ether oxygens (including phenoxy) is 1. The second-order valence-corrected chi connectivity index (χ2v) is 6.33. The maximum atomic E-state index is 14.5. The molecule has 2 unspecified atom stereocenters. The summed E-state index contributed by atoms with van der Waals surface area (Å²) < 4.78 is 20.2. The number of halogens is 1. The molecule has 1 aliphatic heterocycles. The van der Waals surface area contributed by atoms with Crippen molar-refractivity contribution in [3.05, 3.63) is 47.8 Å². The number of carbonyl (C=O) groups excluding carboxylic acids is 1. The van der Waals surface area contributed by atoms with Crippen LogP contribution in [0.4, 0.5) is 15.8 Å². The molecule has 0 spiro atoms. The monoisotopic (exact) mass is 344 g/mol. The molecule has 2 heterocycles. The van der Waals surface area contributed by atoms with Crippen LogP contribution >= 0.6 is 0 Å². The van der Waals surface area contributed by atoms with Crippen molar-refractivity contribution >= 4 is 17.3 Å². The Morgan fingerprint density at radius 2 is 1.96 bits per heavy atom. The molecule has 0 aliphatic carbocycles. The highest BCUT2D eigenvalue weighted by Gasteiger charge is 2.24. The molecule has 0 bridgehead atoms. The van der Waals surface area contributed by atoms with Crippen LogP contribution < -0.4 is 10.2 Å². The zero-order chi connectivity index (χ0) is 18.0. The summed E-state index contributed by atoms with van der Waals surface area (Å²) in [7, 11) is 0. The van der Waals surface area contributed by atoms with Crippen molar-refractivity contribution in [2.24, 2.45) is 0 Å². The number of hydrogen-bond acceptors (Lipinski definition) is 5. The number of aromatic nitrogens is 2. The van der Waals surface area contributed by atoms with Gasteiger partial charge in [-0.05, 0) is 39.0 Å². The van der Waals surface area contributed by atoms with E-state index in [0.717, 1.165) is 5.69 Å². The molecular formula is C18H21FN4O2. The summed E-state index contributed by atoms with van der Waals surface area (Å²) in [6.45, 7) is 6.99. The third-order valence-electron chi connectivity index (χ3n) is 3.98. The molecule has 7 heteroatoms. The molecule has 2 aromatic rings. The van der Waals surface area contributed by atoms with Crippen molar-refractivity contribution in [1.82, 2.24) is 9.97 Å². The first kappa shape index (κ1) is 17.3. The SMILES string of the molecule is Cc1cnc(C(=O)Nc2ccc(N3CC(C)OC(C)C3)c(F)c2)cn1. The maximum Gasteiger partial charge on any atom is 0.275 e. The van der Waals surface area contributed by atoms with Gasteiger partial charge in [-0.15, -0.1) is 0 Å². The largest absolute Gasteiger partial charge is 0.372 e. The number of amides is 1. The highest BCUT2D eigenvalue weighted by Crippen LogP contribution is 2.26. The molecule has 1 aliphatic rings. The second-order valence-electron chi connectivity index (χ2n) is 6.33. The van der Waals surface area contributed by atoms with Gasteiger partial charge in [0.05, 0.1) is 29.8 Å². The molecule has 1 aromatic carbocycles. The number of rotatable bonds is 3. The minimum absolute atomic E-state index is 0.0441. The van der Waals surface area contributed by atoms with Crippen LogP contribution in [0.1, 0.15) is 30.0 Å². The molecule has 25 heavy (non-hydrogen) atoms. The van der Waals surface area contributed by atoms with Gasteiger partial charge in [0.2, 0.25) is 0 Å². The van der Waals surface area contributed by atoms with Crippen molar-refractivity contribution in [2.75, 3.05) is 23.3 Å². The standard InChI is InChI=1S/C18H21FN4O2/c1-11-7-21-16(8-20-11)18(24)22-14-4-5-17(15(19)6-14)23-9-12(2)25-13(3)10-23/h4-8,12-13H,9-10H2,1-3H3,(H,22,24). The Kier molecular flexibility index (Phi) is 4.94. The third kappa shape index (κ3) is 4.11. The Morgan fingerprint density at radius 1 is 1.24 bits per heavy atom. The van der Waals surface area contributed by atoms with E-state index in [1.54, 1.807) is 19.1 Å². The van der Waals surface area contributed by atoms with Gasteiger partial charge in [-0.2, -0.15) is 0 Å². The van der Waals surface area contributed by atoms with Gasteiger partial charge in [-0.3, -0.25) is 9.78 Å². The fourth-order valence-electron chi connectivity index (χ4n) is 2.92. The molecule has 1 amide bonds. The van der Waals surface area contributed by atoms with Crippen LogP contribution in [0, 0.1) is 12.7 Å². The summed E-state index contributed by atoms with van der Waals surface area (Å²) >= 11 is 0. The maximum absolute atomic E-state index is 14.5. The average Bonchev–Trinajstić information content (AvgIpc) is 2.54. The zero-order valence-corrected chi connectivity index (χ0v) is 14.5. The van der Waals surface area contributed by atoms with E-state index >= 15 is 0 Å². The van der Waals surface area contributed by atoms with Gasteiger partial charge in [0.1, 0.15) is 11.5 Å². The van der Waals surface area contributed by atoms with E-state index in [2.05, 4.69) is 15.3 Å². The molecule has 0 radical (unpaired) electrons. The Hall–Kier alpha value is -2.54. The normalized spacial score (nSPS) is 20.4. The lowest BCUT2D eigenvalue weighted by molar-refractivity contribution is -0.00539. The summed E-state index contributed by atoms with van der Waals surface area (Å²) in [6.07, 6.45) is 3.00. The summed E-state index contributed by atoms with van der Waals surface area (Å²) in [5.74, 6) is -0.803. The van der Waals surface area contributed by atoms with Gasteiger partial charge in [0.25, 0.3) is 5.91 Å². The molecule has 0 saturated carbocycles. The summed E-state index contributed by atoms with van der Waals surface area (Å²) in [5, 5.41) is 2.64. The Morgan fingerprint density at radius 3 is 2.56 bits per heavy atom. The van der Waals surface area contributed by atoms with Crippen LogP contribution in [0.5, 0.6) is 0 Å². The Labute approximate surface area is 146 Å². The second kappa shape index (κ2) is 7.14. The fraction of sp³-hybridized carbons (Fsp3) is 0.389. The zero-order valence-electron chi connectivity index (χ0n) is 14.5. The number of anilines is 2. The highest BCUT2D eigenvalue weighted by atomic mass is 19.1. The van der Waals surface area contributed by atoms with Crippen molar-refractivity contribution in [3.63, 3.8) is 0 Å². The lowest BCUT2D eigenvalue weighted by atomic mass is 10.2. The Bertz CT molecular complexity index is 756. The minimum Gasteiger partial charge on any atom is -0.372 e. The van der Waals surface area contributed by atoms with E-state index in [1.807, 2.05) is 18.7 Å². The predicted octanol–water partition coefficient (Wildman–Crippen LogP) is 2.79. The quantitative estimate of drug-likeness (QED) is 0.927. The molecule has 2 atom stereocenters. The van der Waals surface area contributed by atoms with Crippen LogP contribution in [0.15, 0.2) is 30.6 Å². The Balaban J connectivity index is 1.73. The predicted molar refractivity (Wildman–Crippen MR) is 93.3 cm³/mol. The van der Waals surface area contributed by atoms with Crippen LogP contribution in [-0.4, -0.2) is 41.2 Å². The number of aryl methyl sites for hydroxylation is 1. The van der Waals surface area contributed by atoms with Crippen LogP contribution in [-0.2, 0) is 4.74 Å². The van der Waals surface area contributed by atoms with Gasteiger partial charge in [0, 0.05) is 25.0 Å². The summed E-state index contributed by atoms with van der Waals surface area (Å²) in [5.41, 5.74) is 1.80. The van der Waals surface area contributed by atoms with Crippen molar-refractivity contribution in [3.8, 4) is 0 Å². The highest BCUT2D eigenvalue weighted by molar-refractivity contribution is 6.02. The van der Waals surface area contributed by atoms with E-state index in [9.17, 15) is 9.18 Å². The minimum atomic E-state index is -0.423. The molecule has 1 fully saturated rings. The number of carbonyl (C=O) groups is 1. The molecule has 6 nitrogen and oxygen atoms in total. The summed E-state index contributed by atoms with van der Waals surface area (Å²) in [6, 6.07) is 4.68. The topological polar surface area (TPSA) is 67.4 Å². The number of hydrogen-bond donors (Lipinski definition) is 1. The van der Waals surface area contributed by atoms with E-state index in [4.69, 9.17) is 4.74 Å². The van der Waals surface area contributed by atoms with Crippen LogP contribution in [0.25, 0.3) is 0 Å².